The van der Waals surface area contributed by atoms with E-state index in [2.05, 4.69) is 15.1 Å². The highest BCUT2D eigenvalue weighted by atomic mass is 16.5. The molecule has 1 saturated heterocycles. The van der Waals surface area contributed by atoms with E-state index in [-0.39, 0.29) is 11.9 Å². The normalized spacial score (nSPS) is 19.1. The molecule has 0 N–H and O–H groups in total. The summed E-state index contributed by atoms with van der Waals surface area (Å²) in [5, 5.41) is 3.82. The molecule has 2 aromatic rings. The van der Waals surface area contributed by atoms with Gasteiger partial charge < -0.3 is 9.42 Å². The summed E-state index contributed by atoms with van der Waals surface area (Å²) >= 11 is 0. The van der Waals surface area contributed by atoms with E-state index in [1.807, 2.05) is 4.90 Å². The zero-order valence-electron chi connectivity index (χ0n) is 11.3. The maximum absolute atomic E-state index is 12.6. The Morgan fingerprint density at radius 1 is 1.45 bits per heavy atom. The van der Waals surface area contributed by atoms with Crippen LogP contribution < -0.4 is 0 Å². The number of likely N-dealkylation sites (tertiary alicyclic amines) is 1. The Hall–Kier alpha value is -2.24. The SMILES string of the molecule is Cc1noc([C@H]2CCCCN2C(=O)c2cccnc2)n1. The van der Waals surface area contributed by atoms with Crippen molar-refractivity contribution < 1.29 is 9.32 Å². The van der Waals surface area contributed by atoms with E-state index in [1.54, 1.807) is 31.5 Å². The summed E-state index contributed by atoms with van der Waals surface area (Å²) < 4.78 is 5.25. The van der Waals surface area contributed by atoms with Crippen LogP contribution in [0.15, 0.2) is 29.0 Å². The third kappa shape index (κ3) is 2.41. The van der Waals surface area contributed by atoms with Crippen LogP contribution in [0, 0.1) is 6.92 Å². The van der Waals surface area contributed by atoms with E-state index in [4.69, 9.17) is 4.52 Å². The van der Waals surface area contributed by atoms with Gasteiger partial charge in [-0.2, -0.15) is 4.98 Å². The van der Waals surface area contributed by atoms with Crippen molar-refractivity contribution in [2.45, 2.75) is 32.2 Å². The van der Waals surface area contributed by atoms with Gasteiger partial charge in [0.15, 0.2) is 5.82 Å². The molecular formula is C14H16N4O2. The van der Waals surface area contributed by atoms with Gasteiger partial charge in [-0.15, -0.1) is 0 Å². The molecule has 1 aliphatic rings. The minimum atomic E-state index is -0.127. The topological polar surface area (TPSA) is 72.1 Å². The Morgan fingerprint density at radius 2 is 2.35 bits per heavy atom. The number of piperidine rings is 1. The second kappa shape index (κ2) is 5.40. The standard InChI is InChI=1S/C14H16N4O2/c1-10-16-13(20-17-10)12-6-2-3-8-18(12)14(19)11-5-4-7-15-9-11/h4-5,7,9,12H,2-3,6,8H2,1H3/t12-/m1/s1. The maximum atomic E-state index is 12.6. The molecule has 3 rings (SSSR count). The molecule has 6 nitrogen and oxygen atoms in total. The fourth-order valence-electron chi connectivity index (χ4n) is 2.53. The molecule has 104 valence electrons. The fourth-order valence-corrected chi connectivity index (χ4v) is 2.53. The van der Waals surface area contributed by atoms with Gasteiger partial charge >= 0.3 is 0 Å². The van der Waals surface area contributed by atoms with Gasteiger partial charge in [-0.05, 0) is 38.3 Å². The van der Waals surface area contributed by atoms with Crippen molar-refractivity contribution in [3.63, 3.8) is 0 Å². The summed E-state index contributed by atoms with van der Waals surface area (Å²) in [6.07, 6.45) is 6.16. The quantitative estimate of drug-likeness (QED) is 0.837. The zero-order chi connectivity index (χ0) is 13.9. The zero-order valence-corrected chi connectivity index (χ0v) is 11.3. The van der Waals surface area contributed by atoms with Crippen molar-refractivity contribution in [2.24, 2.45) is 0 Å². The predicted molar refractivity (Wildman–Crippen MR) is 70.9 cm³/mol. The molecule has 3 heterocycles. The van der Waals surface area contributed by atoms with Gasteiger partial charge in [-0.1, -0.05) is 5.16 Å². The van der Waals surface area contributed by atoms with Crippen molar-refractivity contribution in [1.29, 1.82) is 0 Å². The number of carbonyl (C=O) groups excluding carboxylic acids is 1. The van der Waals surface area contributed by atoms with Gasteiger partial charge in [0, 0.05) is 18.9 Å². The molecular weight excluding hydrogens is 256 g/mol. The van der Waals surface area contributed by atoms with Crippen LogP contribution in [0.5, 0.6) is 0 Å². The Morgan fingerprint density at radius 3 is 3.05 bits per heavy atom. The monoisotopic (exact) mass is 272 g/mol. The van der Waals surface area contributed by atoms with Crippen LogP contribution in [0.2, 0.25) is 0 Å². The highest BCUT2D eigenvalue weighted by molar-refractivity contribution is 5.94. The first-order valence-corrected chi connectivity index (χ1v) is 6.77. The van der Waals surface area contributed by atoms with Crippen molar-refractivity contribution in [1.82, 2.24) is 20.0 Å². The largest absolute Gasteiger partial charge is 0.337 e. The van der Waals surface area contributed by atoms with Crippen LogP contribution in [0.25, 0.3) is 0 Å². The lowest BCUT2D eigenvalue weighted by atomic mass is 10.0. The van der Waals surface area contributed by atoms with Gasteiger partial charge in [-0.3, -0.25) is 9.78 Å². The van der Waals surface area contributed by atoms with Gasteiger partial charge in [-0.25, -0.2) is 0 Å². The van der Waals surface area contributed by atoms with E-state index in [1.165, 1.54) is 0 Å². The summed E-state index contributed by atoms with van der Waals surface area (Å²) in [5.74, 6) is 1.09. The van der Waals surface area contributed by atoms with Crippen LogP contribution in [0.1, 0.15) is 47.4 Å². The van der Waals surface area contributed by atoms with E-state index < -0.39 is 0 Å². The fraction of sp³-hybridized carbons (Fsp3) is 0.429. The third-order valence-electron chi connectivity index (χ3n) is 3.50. The van der Waals surface area contributed by atoms with Crippen LogP contribution >= 0.6 is 0 Å². The Bertz CT molecular complexity index is 596. The molecule has 0 radical (unpaired) electrons. The average Bonchev–Trinajstić information content (AvgIpc) is 2.94. The molecule has 0 bridgehead atoms. The highest BCUT2D eigenvalue weighted by Crippen LogP contribution is 2.30. The number of aromatic nitrogens is 3. The Labute approximate surface area is 116 Å². The summed E-state index contributed by atoms with van der Waals surface area (Å²) in [4.78, 5) is 22.7. The Kier molecular flexibility index (Phi) is 3.45. The van der Waals surface area contributed by atoms with E-state index >= 15 is 0 Å². The third-order valence-corrected chi connectivity index (χ3v) is 3.50. The summed E-state index contributed by atoms with van der Waals surface area (Å²) in [6.45, 7) is 2.49. The van der Waals surface area contributed by atoms with Crippen LogP contribution in [-0.4, -0.2) is 32.5 Å². The van der Waals surface area contributed by atoms with Gasteiger partial charge in [0.1, 0.15) is 6.04 Å². The molecule has 6 heteroatoms. The summed E-state index contributed by atoms with van der Waals surface area (Å²) in [5.41, 5.74) is 0.593. The molecule has 20 heavy (non-hydrogen) atoms. The predicted octanol–water partition coefficient (Wildman–Crippen LogP) is 2.14. The molecule has 2 aromatic heterocycles. The number of pyridine rings is 1. The maximum Gasteiger partial charge on any atom is 0.256 e. The second-order valence-corrected chi connectivity index (χ2v) is 4.93. The average molecular weight is 272 g/mol. The molecule has 0 spiro atoms. The number of amides is 1. The van der Waals surface area contributed by atoms with Gasteiger partial charge in [0.2, 0.25) is 5.89 Å². The Balaban J connectivity index is 1.87. The molecule has 1 amide bonds. The van der Waals surface area contributed by atoms with Crippen LogP contribution in [0.3, 0.4) is 0 Å². The van der Waals surface area contributed by atoms with Gasteiger partial charge in [0.05, 0.1) is 5.56 Å². The molecule has 0 aromatic carbocycles. The minimum absolute atomic E-state index is 0.0290. The van der Waals surface area contributed by atoms with E-state index in [0.717, 1.165) is 19.3 Å². The van der Waals surface area contributed by atoms with Crippen molar-refractivity contribution in [3.05, 3.63) is 41.8 Å². The van der Waals surface area contributed by atoms with E-state index in [0.29, 0.717) is 23.8 Å². The first kappa shape index (κ1) is 12.8. The summed E-state index contributed by atoms with van der Waals surface area (Å²) in [7, 11) is 0. The second-order valence-electron chi connectivity index (χ2n) is 4.93. The number of hydrogen-bond acceptors (Lipinski definition) is 5. The number of aryl methyl sites for hydroxylation is 1. The first-order valence-electron chi connectivity index (χ1n) is 6.77. The van der Waals surface area contributed by atoms with Gasteiger partial charge in [0.25, 0.3) is 5.91 Å². The molecule has 1 fully saturated rings. The number of nitrogens with zero attached hydrogens (tertiary/aromatic N) is 4. The minimum Gasteiger partial charge on any atom is -0.337 e. The van der Waals surface area contributed by atoms with Crippen molar-refractivity contribution >= 4 is 5.91 Å². The van der Waals surface area contributed by atoms with Crippen LogP contribution in [0.4, 0.5) is 0 Å². The number of hydrogen-bond donors (Lipinski definition) is 0. The summed E-state index contributed by atoms with van der Waals surface area (Å²) in [6, 6.07) is 3.42. The molecule has 0 unspecified atom stereocenters. The molecule has 0 aliphatic carbocycles. The first-order chi connectivity index (χ1) is 9.75. The lowest BCUT2D eigenvalue weighted by Gasteiger charge is -2.33. The lowest BCUT2D eigenvalue weighted by molar-refractivity contribution is 0.0561. The van der Waals surface area contributed by atoms with E-state index in [9.17, 15) is 4.79 Å². The highest BCUT2D eigenvalue weighted by Gasteiger charge is 2.32. The number of carbonyl (C=O) groups is 1. The van der Waals surface area contributed by atoms with Crippen molar-refractivity contribution in [3.8, 4) is 0 Å². The molecule has 1 aliphatic heterocycles. The van der Waals surface area contributed by atoms with Crippen molar-refractivity contribution in [2.75, 3.05) is 6.54 Å². The smallest absolute Gasteiger partial charge is 0.256 e. The molecule has 1 atom stereocenters. The molecule has 0 saturated carbocycles. The number of rotatable bonds is 2. The lowest BCUT2D eigenvalue weighted by Crippen LogP contribution is -2.38. The van der Waals surface area contributed by atoms with Crippen LogP contribution in [-0.2, 0) is 0 Å².